The van der Waals surface area contributed by atoms with Gasteiger partial charge < -0.3 is 15.7 Å². The number of aliphatic hydroxyl groups is 1. The van der Waals surface area contributed by atoms with E-state index in [9.17, 15) is 9.90 Å². The summed E-state index contributed by atoms with van der Waals surface area (Å²) in [5.74, 6) is 0.150. The van der Waals surface area contributed by atoms with E-state index in [1.54, 1.807) is 0 Å². The zero-order chi connectivity index (χ0) is 15.8. The maximum absolute atomic E-state index is 11.9. The van der Waals surface area contributed by atoms with E-state index in [2.05, 4.69) is 35.8 Å². The second-order valence-electron chi connectivity index (χ2n) is 6.33. The molecule has 3 N–H and O–H groups in total. The van der Waals surface area contributed by atoms with Crippen molar-refractivity contribution in [1.29, 1.82) is 0 Å². The first kappa shape index (κ1) is 16.8. The summed E-state index contributed by atoms with van der Waals surface area (Å²) >= 11 is 0. The minimum atomic E-state index is -0.166. The third-order valence-corrected chi connectivity index (χ3v) is 4.24. The predicted octanol–water partition coefficient (Wildman–Crippen LogP) is 3.00. The largest absolute Gasteiger partial charge is 0.393 e. The second kappa shape index (κ2) is 8.79. The summed E-state index contributed by atoms with van der Waals surface area (Å²) in [6, 6.07) is 8.59. The number of unbranched alkanes of at least 4 members (excludes halogenated alkanes) is 1. The summed E-state index contributed by atoms with van der Waals surface area (Å²) in [7, 11) is 0. The number of aliphatic hydroxyl groups excluding tert-OH is 1. The van der Waals surface area contributed by atoms with Crippen LogP contribution < -0.4 is 10.6 Å². The number of nitrogens with one attached hydrogen (secondary N) is 2. The maximum Gasteiger partial charge on any atom is 0.220 e. The molecule has 1 fully saturated rings. The predicted molar refractivity (Wildman–Crippen MR) is 89.9 cm³/mol. The van der Waals surface area contributed by atoms with Crippen molar-refractivity contribution in [3.05, 3.63) is 29.8 Å². The van der Waals surface area contributed by atoms with Crippen molar-refractivity contribution >= 4 is 11.6 Å². The highest BCUT2D eigenvalue weighted by atomic mass is 16.3. The maximum atomic E-state index is 11.9. The van der Waals surface area contributed by atoms with E-state index in [-0.39, 0.29) is 18.1 Å². The molecular formula is C18H28N2O2. The first-order chi connectivity index (χ1) is 10.6. The fourth-order valence-corrected chi connectivity index (χ4v) is 2.92. The summed E-state index contributed by atoms with van der Waals surface area (Å²) in [5, 5.41) is 15.9. The second-order valence-corrected chi connectivity index (χ2v) is 6.33. The normalized spacial score (nSPS) is 21.4. The lowest BCUT2D eigenvalue weighted by Gasteiger charge is -2.26. The van der Waals surface area contributed by atoms with Gasteiger partial charge in [0.1, 0.15) is 0 Å². The molecule has 4 nitrogen and oxygen atoms in total. The van der Waals surface area contributed by atoms with Crippen LogP contribution in [-0.4, -0.2) is 29.7 Å². The van der Waals surface area contributed by atoms with Crippen LogP contribution in [0.3, 0.4) is 0 Å². The minimum Gasteiger partial charge on any atom is -0.393 e. The van der Waals surface area contributed by atoms with Gasteiger partial charge in [0, 0.05) is 24.7 Å². The molecule has 1 aromatic rings. The molecule has 1 aliphatic carbocycles. The van der Waals surface area contributed by atoms with E-state index < -0.39 is 0 Å². The van der Waals surface area contributed by atoms with E-state index in [0.29, 0.717) is 6.42 Å². The zero-order valence-electron chi connectivity index (χ0n) is 13.5. The van der Waals surface area contributed by atoms with Gasteiger partial charge in [-0.05, 0) is 63.1 Å². The van der Waals surface area contributed by atoms with Gasteiger partial charge in [-0.25, -0.2) is 0 Å². The molecule has 0 aromatic heterocycles. The van der Waals surface area contributed by atoms with Crippen LogP contribution in [0.2, 0.25) is 0 Å². The molecule has 4 heteroatoms. The molecule has 0 atom stereocenters. The Morgan fingerprint density at radius 2 is 2.00 bits per heavy atom. The lowest BCUT2D eigenvalue weighted by molar-refractivity contribution is -0.122. The fourth-order valence-electron chi connectivity index (χ4n) is 2.92. The van der Waals surface area contributed by atoms with Gasteiger partial charge in [-0.1, -0.05) is 12.1 Å². The van der Waals surface area contributed by atoms with Crippen molar-refractivity contribution in [2.45, 2.75) is 64.0 Å². The lowest BCUT2D eigenvalue weighted by atomic mass is 9.93. The van der Waals surface area contributed by atoms with E-state index in [0.717, 1.165) is 50.8 Å². The molecular weight excluding hydrogens is 276 g/mol. The number of benzene rings is 1. The smallest absolute Gasteiger partial charge is 0.220 e. The van der Waals surface area contributed by atoms with Gasteiger partial charge in [0.15, 0.2) is 0 Å². The van der Waals surface area contributed by atoms with Gasteiger partial charge in [-0.3, -0.25) is 4.79 Å². The molecule has 0 aliphatic heterocycles. The molecule has 22 heavy (non-hydrogen) atoms. The molecule has 0 bridgehead atoms. The summed E-state index contributed by atoms with van der Waals surface area (Å²) in [5.41, 5.74) is 2.40. The van der Waals surface area contributed by atoms with Crippen LogP contribution >= 0.6 is 0 Å². The molecule has 2 rings (SSSR count). The third-order valence-electron chi connectivity index (χ3n) is 4.24. The van der Waals surface area contributed by atoms with Gasteiger partial charge in [0.25, 0.3) is 0 Å². The van der Waals surface area contributed by atoms with E-state index in [4.69, 9.17) is 0 Å². The number of carbonyl (C=O) groups excluding carboxylic acids is 1. The Hall–Kier alpha value is -1.55. The molecule has 0 spiro atoms. The molecule has 1 amide bonds. The Balaban J connectivity index is 1.54. The number of hydrogen-bond donors (Lipinski definition) is 3. The number of anilines is 1. The van der Waals surface area contributed by atoms with Crippen LogP contribution in [0.4, 0.5) is 5.69 Å². The number of amides is 1. The molecule has 1 saturated carbocycles. The van der Waals surface area contributed by atoms with Gasteiger partial charge in [-0.15, -0.1) is 0 Å². The molecule has 0 radical (unpaired) electrons. The van der Waals surface area contributed by atoms with Gasteiger partial charge in [0.05, 0.1) is 6.10 Å². The fraction of sp³-hybridized carbons (Fsp3) is 0.611. The van der Waals surface area contributed by atoms with Crippen LogP contribution in [0.1, 0.15) is 50.5 Å². The summed E-state index contributed by atoms with van der Waals surface area (Å²) < 4.78 is 0. The van der Waals surface area contributed by atoms with Gasteiger partial charge in [-0.2, -0.15) is 0 Å². The van der Waals surface area contributed by atoms with Crippen molar-refractivity contribution in [1.82, 2.24) is 5.32 Å². The molecule has 0 heterocycles. The topological polar surface area (TPSA) is 61.4 Å². The Morgan fingerprint density at radius 1 is 1.23 bits per heavy atom. The van der Waals surface area contributed by atoms with Crippen molar-refractivity contribution in [2.24, 2.45) is 0 Å². The molecule has 1 aliphatic rings. The highest BCUT2D eigenvalue weighted by Gasteiger charge is 2.20. The first-order valence-corrected chi connectivity index (χ1v) is 8.41. The van der Waals surface area contributed by atoms with Crippen molar-refractivity contribution in [2.75, 3.05) is 11.9 Å². The van der Waals surface area contributed by atoms with Crippen LogP contribution in [0.25, 0.3) is 0 Å². The Labute approximate surface area is 133 Å². The standard InChI is InChI=1S/C18H28N2O2/c1-14-5-4-6-16(13-14)19-12-3-2-7-18(22)20-15-8-10-17(21)11-9-15/h4-6,13,15,17,19,21H,2-3,7-12H2,1H3,(H,20,22). The molecule has 0 unspecified atom stereocenters. The molecule has 1 aromatic carbocycles. The first-order valence-electron chi connectivity index (χ1n) is 8.41. The average molecular weight is 304 g/mol. The van der Waals surface area contributed by atoms with Crippen molar-refractivity contribution in [3.8, 4) is 0 Å². The van der Waals surface area contributed by atoms with Crippen LogP contribution in [0, 0.1) is 6.92 Å². The lowest BCUT2D eigenvalue weighted by Crippen LogP contribution is -2.38. The zero-order valence-corrected chi connectivity index (χ0v) is 13.5. The molecule has 122 valence electrons. The van der Waals surface area contributed by atoms with Crippen molar-refractivity contribution < 1.29 is 9.90 Å². The quantitative estimate of drug-likeness (QED) is 0.679. The average Bonchev–Trinajstić information content (AvgIpc) is 2.49. The van der Waals surface area contributed by atoms with E-state index >= 15 is 0 Å². The monoisotopic (exact) mass is 304 g/mol. The highest BCUT2D eigenvalue weighted by Crippen LogP contribution is 2.18. The van der Waals surface area contributed by atoms with Gasteiger partial charge >= 0.3 is 0 Å². The SMILES string of the molecule is Cc1cccc(NCCCCC(=O)NC2CCC(O)CC2)c1. The summed E-state index contributed by atoms with van der Waals surface area (Å²) in [6.45, 7) is 2.98. The number of hydrogen-bond acceptors (Lipinski definition) is 3. The number of rotatable bonds is 7. The van der Waals surface area contributed by atoms with Crippen LogP contribution in [-0.2, 0) is 4.79 Å². The Morgan fingerprint density at radius 3 is 2.73 bits per heavy atom. The van der Waals surface area contributed by atoms with Crippen LogP contribution in [0.15, 0.2) is 24.3 Å². The third kappa shape index (κ3) is 6.06. The van der Waals surface area contributed by atoms with E-state index in [1.807, 2.05) is 6.07 Å². The Kier molecular flexibility index (Phi) is 6.72. The Bertz CT molecular complexity index is 468. The van der Waals surface area contributed by atoms with E-state index in [1.165, 1.54) is 5.56 Å². The number of carbonyl (C=O) groups is 1. The highest BCUT2D eigenvalue weighted by molar-refractivity contribution is 5.76. The number of aryl methyl sites for hydroxylation is 1. The van der Waals surface area contributed by atoms with Gasteiger partial charge in [0.2, 0.25) is 5.91 Å². The van der Waals surface area contributed by atoms with Crippen LogP contribution in [0.5, 0.6) is 0 Å². The molecule has 0 saturated heterocycles. The summed E-state index contributed by atoms with van der Waals surface area (Å²) in [6.07, 6.45) is 5.75. The minimum absolute atomic E-state index is 0.150. The van der Waals surface area contributed by atoms with Crippen molar-refractivity contribution in [3.63, 3.8) is 0 Å². The summed E-state index contributed by atoms with van der Waals surface area (Å²) in [4.78, 5) is 11.9.